The van der Waals surface area contributed by atoms with Crippen LogP contribution in [0.15, 0.2) is 24.4 Å². The molecule has 23 heavy (non-hydrogen) atoms. The van der Waals surface area contributed by atoms with Crippen molar-refractivity contribution in [2.75, 3.05) is 0 Å². The van der Waals surface area contributed by atoms with Gasteiger partial charge in [-0.1, -0.05) is 19.1 Å². The van der Waals surface area contributed by atoms with Gasteiger partial charge in [0.05, 0.1) is 5.69 Å². The number of rotatable bonds is 6. The van der Waals surface area contributed by atoms with Gasteiger partial charge < -0.3 is 10.1 Å². The lowest BCUT2D eigenvalue weighted by Crippen LogP contribution is -2.22. The van der Waals surface area contributed by atoms with Crippen molar-refractivity contribution in [3.05, 3.63) is 46.8 Å². The summed E-state index contributed by atoms with van der Waals surface area (Å²) in [5, 5.41) is 7.81. The number of ether oxygens (including phenoxy) is 1. The number of aryl methyl sites for hydroxylation is 3. The first-order chi connectivity index (χ1) is 10.9. The maximum atomic E-state index is 11.2. The Balaban J connectivity index is 2.11. The van der Waals surface area contributed by atoms with Gasteiger partial charge in [0.25, 0.3) is 0 Å². The van der Waals surface area contributed by atoms with Crippen LogP contribution in [0.3, 0.4) is 0 Å². The van der Waals surface area contributed by atoms with Crippen LogP contribution >= 0.6 is 0 Å². The molecule has 0 unspecified atom stereocenters. The molecular formula is C18H25N3O2. The van der Waals surface area contributed by atoms with Gasteiger partial charge >= 0.3 is 5.97 Å². The second-order valence-corrected chi connectivity index (χ2v) is 5.87. The number of aromatic nitrogens is 2. The molecule has 5 heteroatoms. The summed E-state index contributed by atoms with van der Waals surface area (Å²) in [6.45, 7) is 8.27. The van der Waals surface area contributed by atoms with Crippen LogP contribution in [-0.4, -0.2) is 15.7 Å². The summed E-state index contributed by atoms with van der Waals surface area (Å²) < 4.78 is 7.19. The van der Waals surface area contributed by atoms with Crippen molar-refractivity contribution in [3.63, 3.8) is 0 Å². The third kappa shape index (κ3) is 4.20. The average Bonchev–Trinajstić information content (AvgIpc) is 2.90. The fraction of sp³-hybridized carbons (Fsp3) is 0.444. The number of nitrogens with zero attached hydrogens (tertiary/aromatic N) is 2. The molecule has 1 atom stereocenters. The molecule has 0 saturated heterocycles. The molecule has 1 heterocycles. The van der Waals surface area contributed by atoms with Gasteiger partial charge in [-0.25, -0.2) is 0 Å². The molecule has 1 N–H and O–H groups in total. The highest BCUT2D eigenvalue weighted by molar-refractivity contribution is 5.70. The molecule has 0 aliphatic carbocycles. The molecule has 5 nitrogen and oxygen atoms in total. The lowest BCUT2D eigenvalue weighted by molar-refractivity contribution is -0.131. The molecule has 0 spiro atoms. The van der Waals surface area contributed by atoms with Crippen LogP contribution in [0.5, 0.6) is 5.75 Å². The summed E-state index contributed by atoms with van der Waals surface area (Å²) in [4.78, 5) is 11.2. The largest absolute Gasteiger partial charge is 0.426 e. The summed E-state index contributed by atoms with van der Waals surface area (Å²) in [6.07, 6.45) is 2.81. The van der Waals surface area contributed by atoms with E-state index in [4.69, 9.17) is 4.74 Å². The van der Waals surface area contributed by atoms with E-state index in [1.807, 2.05) is 37.8 Å². The monoisotopic (exact) mass is 315 g/mol. The van der Waals surface area contributed by atoms with E-state index in [0.29, 0.717) is 5.75 Å². The Labute approximate surface area is 137 Å². The molecule has 2 rings (SSSR count). The SMILES string of the molecule is CC[C@H](NCc1cc(C)c(OC(C)=O)c(C)c1)c1ccnn1C. The standard InChI is InChI=1S/C18H25N3O2/c1-6-16(17-7-8-20-21(17)5)19-11-15-9-12(2)18(13(3)10-15)23-14(4)22/h7-10,16,19H,6,11H2,1-5H3/t16-/m0/s1. The molecule has 0 saturated carbocycles. The van der Waals surface area contributed by atoms with Crippen molar-refractivity contribution in [3.8, 4) is 5.75 Å². The number of nitrogens with one attached hydrogen (secondary N) is 1. The third-order valence-electron chi connectivity index (χ3n) is 3.94. The van der Waals surface area contributed by atoms with Crippen molar-refractivity contribution in [1.29, 1.82) is 0 Å². The molecule has 0 fully saturated rings. The Morgan fingerprint density at radius 3 is 2.48 bits per heavy atom. The van der Waals surface area contributed by atoms with Crippen LogP contribution in [0.1, 0.15) is 48.7 Å². The Morgan fingerprint density at radius 1 is 1.35 bits per heavy atom. The second kappa shape index (κ2) is 7.42. The first-order valence-corrected chi connectivity index (χ1v) is 7.92. The van der Waals surface area contributed by atoms with Crippen LogP contribution < -0.4 is 10.1 Å². The van der Waals surface area contributed by atoms with E-state index in [1.165, 1.54) is 18.2 Å². The first kappa shape index (κ1) is 17.2. The zero-order valence-electron chi connectivity index (χ0n) is 14.5. The van der Waals surface area contributed by atoms with Crippen LogP contribution in [0.4, 0.5) is 0 Å². The Bertz CT molecular complexity index is 668. The van der Waals surface area contributed by atoms with Crippen LogP contribution in [-0.2, 0) is 18.4 Å². The van der Waals surface area contributed by atoms with E-state index in [-0.39, 0.29) is 12.0 Å². The smallest absolute Gasteiger partial charge is 0.308 e. The van der Waals surface area contributed by atoms with Gasteiger partial charge in [0.15, 0.2) is 0 Å². The first-order valence-electron chi connectivity index (χ1n) is 7.92. The normalized spacial score (nSPS) is 12.2. The predicted molar refractivity (Wildman–Crippen MR) is 90.3 cm³/mol. The molecule has 0 bridgehead atoms. The predicted octanol–water partition coefficient (Wildman–Crippen LogP) is 3.20. The Kier molecular flexibility index (Phi) is 5.55. The highest BCUT2D eigenvalue weighted by Crippen LogP contribution is 2.25. The van der Waals surface area contributed by atoms with Crippen molar-refractivity contribution in [1.82, 2.24) is 15.1 Å². The molecule has 0 radical (unpaired) electrons. The summed E-state index contributed by atoms with van der Waals surface area (Å²) in [6, 6.07) is 6.43. The molecule has 0 aliphatic rings. The van der Waals surface area contributed by atoms with E-state index in [9.17, 15) is 4.79 Å². The maximum absolute atomic E-state index is 11.2. The van der Waals surface area contributed by atoms with Gasteiger partial charge in [-0.05, 0) is 43.0 Å². The minimum Gasteiger partial charge on any atom is -0.426 e. The summed E-state index contributed by atoms with van der Waals surface area (Å²) in [7, 11) is 1.96. The fourth-order valence-corrected chi connectivity index (χ4v) is 2.87. The molecular weight excluding hydrogens is 290 g/mol. The van der Waals surface area contributed by atoms with E-state index in [1.54, 1.807) is 0 Å². The highest BCUT2D eigenvalue weighted by Gasteiger charge is 2.13. The molecule has 1 aromatic heterocycles. The van der Waals surface area contributed by atoms with Gasteiger partial charge in [-0.15, -0.1) is 0 Å². The number of esters is 1. The summed E-state index contributed by atoms with van der Waals surface area (Å²) in [5.74, 6) is 0.379. The van der Waals surface area contributed by atoms with E-state index in [0.717, 1.165) is 24.1 Å². The number of benzene rings is 1. The fourth-order valence-electron chi connectivity index (χ4n) is 2.87. The van der Waals surface area contributed by atoms with Crippen LogP contribution in [0.2, 0.25) is 0 Å². The lowest BCUT2D eigenvalue weighted by atomic mass is 10.0. The minimum atomic E-state index is -0.288. The molecule has 124 valence electrons. The van der Waals surface area contributed by atoms with Crippen molar-refractivity contribution in [2.24, 2.45) is 7.05 Å². The van der Waals surface area contributed by atoms with Crippen molar-refractivity contribution >= 4 is 5.97 Å². The average molecular weight is 315 g/mol. The third-order valence-corrected chi connectivity index (χ3v) is 3.94. The molecule has 0 aliphatic heterocycles. The van der Waals surface area contributed by atoms with Crippen molar-refractivity contribution in [2.45, 2.75) is 46.7 Å². The van der Waals surface area contributed by atoms with Crippen LogP contribution in [0.25, 0.3) is 0 Å². The molecule has 0 amide bonds. The zero-order chi connectivity index (χ0) is 17.0. The lowest BCUT2D eigenvalue weighted by Gasteiger charge is -2.18. The van der Waals surface area contributed by atoms with Gasteiger partial charge in [-0.2, -0.15) is 5.10 Å². The Hall–Kier alpha value is -2.14. The van der Waals surface area contributed by atoms with E-state index in [2.05, 4.69) is 29.5 Å². The minimum absolute atomic E-state index is 0.260. The van der Waals surface area contributed by atoms with Gasteiger partial charge in [0, 0.05) is 32.8 Å². The summed E-state index contributed by atoms with van der Waals surface area (Å²) >= 11 is 0. The maximum Gasteiger partial charge on any atom is 0.308 e. The number of hydrogen-bond acceptors (Lipinski definition) is 4. The Morgan fingerprint density at radius 2 is 2.00 bits per heavy atom. The van der Waals surface area contributed by atoms with E-state index < -0.39 is 0 Å². The number of hydrogen-bond donors (Lipinski definition) is 1. The highest BCUT2D eigenvalue weighted by atomic mass is 16.5. The second-order valence-electron chi connectivity index (χ2n) is 5.87. The van der Waals surface area contributed by atoms with Crippen LogP contribution in [0, 0.1) is 13.8 Å². The van der Waals surface area contributed by atoms with Gasteiger partial charge in [0.1, 0.15) is 5.75 Å². The van der Waals surface area contributed by atoms with Gasteiger partial charge in [0.2, 0.25) is 0 Å². The van der Waals surface area contributed by atoms with Gasteiger partial charge in [-0.3, -0.25) is 9.48 Å². The topological polar surface area (TPSA) is 56.1 Å². The number of carbonyl (C=O) groups is 1. The zero-order valence-corrected chi connectivity index (χ0v) is 14.5. The quantitative estimate of drug-likeness (QED) is 0.657. The van der Waals surface area contributed by atoms with Crippen molar-refractivity contribution < 1.29 is 9.53 Å². The van der Waals surface area contributed by atoms with E-state index >= 15 is 0 Å². The molecule has 1 aromatic carbocycles. The summed E-state index contributed by atoms with van der Waals surface area (Å²) in [5.41, 5.74) is 4.31. The molecule has 2 aromatic rings. The number of carbonyl (C=O) groups excluding carboxylic acids is 1.